The number of sulfonamides is 1. The first-order valence-corrected chi connectivity index (χ1v) is 11.8. The van der Waals surface area contributed by atoms with Gasteiger partial charge in [0.15, 0.2) is 11.7 Å². The van der Waals surface area contributed by atoms with Crippen molar-refractivity contribution in [3.8, 4) is 22.6 Å². The number of oxazole rings is 1. The van der Waals surface area contributed by atoms with Crippen LogP contribution in [0.25, 0.3) is 22.6 Å². The van der Waals surface area contributed by atoms with Gasteiger partial charge in [-0.15, -0.1) is 0 Å². The van der Waals surface area contributed by atoms with Crippen molar-refractivity contribution in [3.63, 3.8) is 0 Å². The molecule has 2 aromatic carbocycles. The largest absolute Gasteiger partial charge is 0.440 e. The Labute approximate surface area is 185 Å². The molecule has 168 valence electrons. The highest BCUT2D eigenvalue weighted by Gasteiger charge is 2.32. The van der Waals surface area contributed by atoms with Gasteiger partial charge in [0.2, 0.25) is 10.0 Å². The number of urea groups is 1. The van der Waals surface area contributed by atoms with E-state index in [1.54, 1.807) is 12.1 Å². The Kier molecular flexibility index (Phi) is 6.00. The molecule has 1 saturated carbocycles. The van der Waals surface area contributed by atoms with Crippen LogP contribution in [0.5, 0.6) is 0 Å². The highest BCUT2D eigenvalue weighted by atomic mass is 32.2. The number of primary amides is 1. The second-order valence-corrected chi connectivity index (χ2v) is 9.43. The molecule has 1 heterocycles. The Hall–Kier alpha value is -3.21. The molecule has 0 spiro atoms. The first-order chi connectivity index (χ1) is 15.2. The molecule has 1 fully saturated rings. The number of nitrogens with zero attached hydrogens (tertiary/aromatic N) is 2. The van der Waals surface area contributed by atoms with Gasteiger partial charge in [0.05, 0.1) is 10.9 Å². The Morgan fingerprint density at radius 2 is 1.75 bits per heavy atom. The molecule has 0 aliphatic heterocycles. The van der Waals surface area contributed by atoms with Gasteiger partial charge in [-0.3, -0.25) is 5.21 Å². The minimum Gasteiger partial charge on any atom is -0.440 e. The lowest BCUT2D eigenvalue weighted by Gasteiger charge is -2.31. The van der Waals surface area contributed by atoms with Crippen LogP contribution in [-0.4, -0.2) is 35.7 Å². The van der Waals surface area contributed by atoms with Crippen LogP contribution in [0.3, 0.4) is 0 Å². The smallest absolute Gasteiger partial charge is 0.338 e. The summed E-state index contributed by atoms with van der Waals surface area (Å²) in [6, 6.07) is 14.3. The monoisotopic (exact) mass is 456 g/mol. The second kappa shape index (κ2) is 8.73. The van der Waals surface area contributed by atoms with Crippen molar-refractivity contribution in [3.05, 3.63) is 60.5 Å². The minimum atomic E-state index is -3.81. The molecule has 0 bridgehead atoms. The maximum atomic E-state index is 11.6. The van der Waals surface area contributed by atoms with Crippen molar-refractivity contribution < 1.29 is 22.8 Å². The van der Waals surface area contributed by atoms with E-state index in [-0.39, 0.29) is 10.8 Å². The first kappa shape index (κ1) is 22.0. The van der Waals surface area contributed by atoms with Crippen molar-refractivity contribution in [2.45, 2.75) is 42.5 Å². The van der Waals surface area contributed by atoms with E-state index in [0.29, 0.717) is 40.8 Å². The Balaban J connectivity index is 1.73. The van der Waals surface area contributed by atoms with Crippen molar-refractivity contribution >= 4 is 16.1 Å². The van der Waals surface area contributed by atoms with Crippen LogP contribution in [0.1, 0.15) is 37.5 Å². The number of aromatic nitrogens is 1. The number of carbonyl (C=O) groups excluding carboxylic acids is 1. The van der Waals surface area contributed by atoms with Gasteiger partial charge in [0, 0.05) is 17.0 Å². The van der Waals surface area contributed by atoms with Gasteiger partial charge in [-0.05, 0) is 43.5 Å². The Morgan fingerprint density at radius 3 is 2.38 bits per heavy atom. The van der Waals surface area contributed by atoms with E-state index in [1.165, 1.54) is 12.1 Å². The normalized spacial score (nSPS) is 18.9. The SMILES string of the molecule is NC(=O)N(O)C1CCCC(c2nc(-c3ccccc3)c(-c3ccc(S(N)(=O)=O)cc3)o2)C1. The zero-order valence-electron chi connectivity index (χ0n) is 17.2. The van der Waals surface area contributed by atoms with Crippen LogP contribution >= 0.6 is 0 Å². The fourth-order valence-electron chi connectivity index (χ4n) is 4.08. The third-order valence-corrected chi connectivity index (χ3v) is 6.63. The zero-order chi connectivity index (χ0) is 22.9. The molecule has 10 heteroatoms. The molecule has 0 radical (unpaired) electrons. The van der Waals surface area contributed by atoms with E-state index in [2.05, 4.69) is 0 Å². The molecule has 3 aromatic rings. The van der Waals surface area contributed by atoms with Gasteiger partial charge in [0.25, 0.3) is 0 Å². The molecule has 1 aromatic heterocycles. The standard InChI is InChI=1S/C22H24N4O5S/c23-22(27)26(28)17-8-4-7-16(13-17)21-25-19(14-5-2-1-3-6-14)20(31-21)15-9-11-18(12-10-15)32(24,29)30/h1-3,5-6,9-12,16-17,28H,4,7-8,13H2,(H2,23,27)(H2,24,29,30). The van der Waals surface area contributed by atoms with Gasteiger partial charge in [-0.1, -0.05) is 36.8 Å². The zero-order valence-corrected chi connectivity index (χ0v) is 18.0. The number of nitrogens with two attached hydrogens (primary N) is 2. The molecule has 1 aliphatic carbocycles. The summed E-state index contributed by atoms with van der Waals surface area (Å²) in [7, 11) is -3.81. The van der Waals surface area contributed by atoms with Crippen LogP contribution in [-0.2, 0) is 10.0 Å². The van der Waals surface area contributed by atoms with Crippen LogP contribution in [0, 0.1) is 0 Å². The summed E-state index contributed by atoms with van der Waals surface area (Å²) < 4.78 is 29.4. The Bertz CT molecular complexity index is 1210. The number of hydrogen-bond acceptors (Lipinski definition) is 6. The van der Waals surface area contributed by atoms with E-state index >= 15 is 0 Å². The molecular weight excluding hydrogens is 432 g/mol. The molecule has 32 heavy (non-hydrogen) atoms. The Morgan fingerprint density at radius 1 is 1.06 bits per heavy atom. The van der Waals surface area contributed by atoms with Crippen LogP contribution in [0.15, 0.2) is 63.9 Å². The number of hydrogen-bond donors (Lipinski definition) is 3. The van der Waals surface area contributed by atoms with Gasteiger partial charge >= 0.3 is 6.03 Å². The summed E-state index contributed by atoms with van der Waals surface area (Å²) in [5, 5.41) is 15.8. The average molecular weight is 457 g/mol. The summed E-state index contributed by atoms with van der Waals surface area (Å²) in [4.78, 5) is 16.1. The lowest BCUT2D eigenvalue weighted by molar-refractivity contribution is -0.0865. The summed E-state index contributed by atoms with van der Waals surface area (Å²) in [6.07, 6.45) is 2.69. The van der Waals surface area contributed by atoms with E-state index < -0.39 is 22.1 Å². The van der Waals surface area contributed by atoms with Crippen LogP contribution < -0.4 is 10.9 Å². The number of amides is 2. The second-order valence-electron chi connectivity index (χ2n) is 7.87. The number of hydroxylamine groups is 2. The highest BCUT2D eigenvalue weighted by Crippen LogP contribution is 2.40. The van der Waals surface area contributed by atoms with Crippen molar-refractivity contribution in [2.24, 2.45) is 10.9 Å². The van der Waals surface area contributed by atoms with Gasteiger partial charge in [0.1, 0.15) is 5.69 Å². The first-order valence-electron chi connectivity index (χ1n) is 10.2. The summed E-state index contributed by atoms with van der Waals surface area (Å²) >= 11 is 0. The quantitative estimate of drug-likeness (QED) is 0.395. The third-order valence-electron chi connectivity index (χ3n) is 5.70. The van der Waals surface area contributed by atoms with Gasteiger partial charge < -0.3 is 10.2 Å². The van der Waals surface area contributed by atoms with E-state index in [9.17, 15) is 18.4 Å². The molecule has 5 N–H and O–H groups in total. The van der Waals surface area contributed by atoms with E-state index in [0.717, 1.165) is 18.4 Å². The lowest BCUT2D eigenvalue weighted by atomic mass is 9.85. The number of rotatable bonds is 5. The molecular formula is C22H24N4O5S. The lowest BCUT2D eigenvalue weighted by Crippen LogP contribution is -2.43. The molecule has 2 unspecified atom stereocenters. The van der Waals surface area contributed by atoms with Crippen molar-refractivity contribution in [1.29, 1.82) is 0 Å². The van der Waals surface area contributed by atoms with Crippen molar-refractivity contribution in [2.75, 3.05) is 0 Å². The van der Waals surface area contributed by atoms with Crippen LogP contribution in [0.4, 0.5) is 4.79 Å². The fraction of sp³-hybridized carbons (Fsp3) is 0.273. The van der Waals surface area contributed by atoms with E-state index in [1.807, 2.05) is 30.3 Å². The predicted molar refractivity (Wildman–Crippen MR) is 117 cm³/mol. The maximum absolute atomic E-state index is 11.6. The number of carbonyl (C=O) groups is 1. The average Bonchev–Trinajstić information content (AvgIpc) is 3.24. The maximum Gasteiger partial charge on any atom is 0.338 e. The topological polar surface area (TPSA) is 153 Å². The minimum absolute atomic E-state index is 0.00635. The molecule has 9 nitrogen and oxygen atoms in total. The molecule has 4 rings (SSSR count). The number of primary sulfonamides is 1. The number of benzene rings is 2. The van der Waals surface area contributed by atoms with Crippen LogP contribution in [0.2, 0.25) is 0 Å². The van der Waals surface area contributed by atoms with E-state index in [4.69, 9.17) is 20.3 Å². The molecule has 0 saturated heterocycles. The highest BCUT2D eigenvalue weighted by molar-refractivity contribution is 7.89. The van der Waals surface area contributed by atoms with Crippen molar-refractivity contribution in [1.82, 2.24) is 10.0 Å². The fourth-order valence-corrected chi connectivity index (χ4v) is 4.60. The molecule has 2 atom stereocenters. The summed E-state index contributed by atoms with van der Waals surface area (Å²) in [5.41, 5.74) is 7.35. The van der Waals surface area contributed by atoms with Gasteiger partial charge in [-0.2, -0.15) is 0 Å². The third kappa shape index (κ3) is 4.52. The predicted octanol–water partition coefficient (Wildman–Crippen LogP) is 3.45. The summed E-state index contributed by atoms with van der Waals surface area (Å²) in [6.45, 7) is 0. The molecule has 1 aliphatic rings. The van der Waals surface area contributed by atoms with Gasteiger partial charge in [-0.25, -0.2) is 28.4 Å². The molecule has 2 amide bonds. The summed E-state index contributed by atoms with van der Waals surface area (Å²) in [5.74, 6) is 0.893.